The molecule has 4 unspecified atom stereocenters. The molecule has 0 aliphatic heterocycles. The second-order valence-electron chi connectivity index (χ2n) is 6.25. The van der Waals surface area contributed by atoms with E-state index in [1.807, 2.05) is 12.1 Å². The minimum Gasteiger partial charge on any atom is -0.367 e. The van der Waals surface area contributed by atoms with Crippen molar-refractivity contribution in [3.8, 4) is 0 Å². The van der Waals surface area contributed by atoms with Crippen molar-refractivity contribution in [2.24, 2.45) is 23.7 Å². The smallest absolute Gasteiger partial charge is 0.180 e. The van der Waals surface area contributed by atoms with Gasteiger partial charge in [0.1, 0.15) is 11.3 Å². The maximum Gasteiger partial charge on any atom is 0.180 e. The van der Waals surface area contributed by atoms with E-state index in [9.17, 15) is 0 Å². The monoisotopic (exact) mass is 252 g/mol. The zero-order valence-corrected chi connectivity index (χ0v) is 10.7. The average Bonchev–Trinajstić information content (AvgIpc) is 2.85. The van der Waals surface area contributed by atoms with E-state index in [0.29, 0.717) is 6.04 Å². The van der Waals surface area contributed by atoms with E-state index in [-0.39, 0.29) is 0 Å². The van der Waals surface area contributed by atoms with Crippen molar-refractivity contribution in [2.75, 3.05) is 5.32 Å². The molecule has 96 valence electrons. The fraction of sp³-hybridized carbons (Fsp3) is 0.533. The van der Waals surface area contributed by atoms with Crippen molar-refractivity contribution < 1.29 is 0 Å². The molecule has 0 amide bonds. The van der Waals surface area contributed by atoms with E-state index in [1.165, 1.54) is 19.3 Å². The number of rotatable bonds is 2. The Bertz CT molecular complexity index is 639. The summed E-state index contributed by atoms with van der Waals surface area (Å²) >= 11 is 0. The van der Waals surface area contributed by atoms with Gasteiger partial charge in [-0.15, -0.1) is 0 Å². The molecule has 3 fully saturated rings. The van der Waals surface area contributed by atoms with Crippen LogP contribution in [0, 0.1) is 23.7 Å². The third-order valence-corrected chi connectivity index (χ3v) is 5.38. The third kappa shape index (κ3) is 1.37. The molecule has 2 bridgehead atoms. The molecule has 2 aromatic rings. The van der Waals surface area contributed by atoms with Crippen LogP contribution in [0.3, 0.4) is 0 Å². The molecule has 0 spiro atoms. The fourth-order valence-electron chi connectivity index (χ4n) is 4.62. The zero-order valence-electron chi connectivity index (χ0n) is 10.7. The van der Waals surface area contributed by atoms with Gasteiger partial charge in [0.05, 0.1) is 0 Å². The van der Waals surface area contributed by atoms with Crippen molar-refractivity contribution in [3.63, 3.8) is 0 Å². The maximum absolute atomic E-state index is 4.57. The number of fused-ring (bicyclic) bond motifs is 6. The minimum absolute atomic E-state index is 0.674. The molecule has 4 heteroatoms. The summed E-state index contributed by atoms with van der Waals surface area (Å²) in [6, 6.07) is 4.71. The van der Waals surface area contributed by atoms with Crippen LogP contribution in [0.15, 0.2) is 24.5 Å². The summed E-state index contributed by atoms with van der Waals surface area (Å²) in [6.07, 6.45) is 7.82. The Balaban J connectivity index is 1.41. The molecular formula is C15H16N4. The van der Waals surface area contributed by atoms with Gasteiger partial charge in [-0.3, -0.25) is 4.98 Å². The maximum atomic E-state index is 4.57. The second-order valence-corrected chi connectivity index (χ2v) is 6.25. The minimum atomic E-state index is 0.674. The summed E-state index contributed by atoms with van der Waals surface area (Å²) in [7, 11) is 0. The fourth-order valence-corrected chi connectivity index (χ4v) is 4.62. The summed E-state index contributed by atoms with van der Waals surface area (Å²) in [5.41, 5.74) is 1.60. The van der Waals surface area contributed by atoms with Gasteiger partial charge in [0.2, 0.25) is 0 Å². The summed E-state index contributed by atoms with van der Waals surface area (Å²) < 4.78 is 0. The van der Waals surface area contributed by atoms with Gasteiger partial charge in [-0.2, -0.15) is 0 Å². The summed E-state index contributed by atoms with van der Waals surface area (Å²) in [6.45, 7) is 0. The first-order chi connectivity index (χ1) is 9.40. The molecule has 3 saturated carbocycles. The predicted molar refractivity (Wildman–Crippen MR) is 72.6 cm³/mol. The predicted octanol–water partition coefficient (Wildman–Crippen LogP) is 2.48. The first-order valence-corrected chi connectivity index (χ1v) is 7.24. The lowest BCUT2D eigenvalue weighted by Crippen LogP contribution is -2.13. The molecule has 3 aliphatic rings. The molecule has 4 nitrogen and oxygen atoms in total. The van der Waals surface area contributed by atoms with Crippen molar-refractivity contribution in [2.45, 2.75) is 25.3 Å². The molecule has 3 aliphatic carbocycles. The van der Waals surface area contributed by atoms with E-state index in [4.69, 9.17) is 0 Å². The lowest BCUT2D eigenvalue weighted by Gasteiger charge is -2.11. The van der Waals surface area contributed by atoms with Gasteiger partial charge in [0, 0.05) is 18.4 Å². The van der Waals surface area contributed by atoms with Gasteiger partial charge in [-0.1, -0.05) is 0 Å². The largest absolute Gasteiger partial charge is 0.367 e. The van der Waals surface area contributed by atoms with Crippen LogP contribution in [0.2, 0.25) is 0 Å². The summed E-state index contributed by atoms with van der Waals surface area (Å²) in [5, 5.41) is 3.63. The van der Waals surface area contributed by atoms with Gasteiger partial charge < -0.3 is 5.32 Å². The van der Waals surface area contributed by atoms with Crippen LogP contribution in [-0.2, 0) is 0 Å². The Hall–Kier alpha value is -1.71. The normalized spacial score (nSPS) is 38.4. The Morgan fingerprint density at radius 3 is 2.63 bits per heavy atom. The molecular weight excluding hydrogens is 236 g/mol. The van der Waals surface area contributed by atoms with E-state index in [1.54, 1.807) is 12.4 Å². The lowest BCUT2D eigenvalue weighted by atomic mass is 10.0. The molecule has 19 heavy (non-hydrogen) atoms. The third-order valence-electron chi connectivity index (χ3n) is 5.38. The van der Waals surface area contributed by atoms with Gasteiger partial charge in [0.25, 0.3) is 0 Å². The zero-order chi connectivity index (χ0) is 12.4. The molecule has 0 radical (unpaired) electrons. The van der Waals surface area contributed by atoms with E-state index in [2.05, 4.69) is 20.3 Å². The number of aromatic nitrogens is 3. The Labute approximate surface area is 111 Å². The highest BCUT2D eigenvalue weighted by Gasteiger charge is 2.65. The number of pyridine rings is 1. The highest BCUT2D eigenvalue weighted by molar-refractivity contribution is 5.71. The number of anilines is 1. The van der Waals surface area contributed by atoms with Crippen LogP contribution in [0.4, 0.5) is 5.82 Å². The van der Waals surface area contributed by atoms with Crippen molar-refractivity contribution in [1.29, 1.82) is 0 Å². The average molecular weight is 252 g/mol. The molecule has 1 N–H and O–H groups in total. The van der Waals surface area contributed by atoms with Crippen molar-refractivity contribution in [3.05, 3.63) is 24.5 Å². The Morgan fingerprint density at radius 2 is 1.79 bits per heavy atom. The van der Waals surface area contributed by atoms with E-state index >= 15 is 0 Å². The van der Waals surface area contributed by atoms with E-state index < -0.39 is 0 Å². The Morgan fingerprint density at radius 1 is 1.00 bits per heavy atom. The SMILES string of the molecule is c1cnc2nc(NC3C4C5CCC(C5)C34)ccc2n1. The number of nitrogens with one attached hydrogen (secondary N) is 1. The quantitative estimate of drug-likeness (QED) is 0.892. The van der Waals surface area contributed by atoms with Crippen LogP contribution >= 0.6 is 0 Å². The number of hydrogen-bond acceptors (Lipinski definition) is 4. The molecule has 4 atom stereocenters. The van der Waals surface area contributed by atoms with Crippen molar-refractivity contribution >= 4 is 17.0 Å². The summed E-state index contributed by atoms with van der Waals surface area (Å²) in [4.78, 5) is 13.1. The highest BCUT2D eigenvalue weighted by Crippen LogP contribution is 2.66. The second kappa shape index (κ2) is 3.44. The van der Waals surface area contributed by atoms with Gasteiger partial charge in [-0.05, 0) is 55.1 Å². The molecule has 0 aromatic carbocycles. The topological polar surface area (TPSA) is 50.7 Å². The first kappa shape index (κ1) is 10.1. The molecule has 2 heterocycles. The van der Waals surface area contributed by atoms with Crippen LogP contribution in [-0.4, -0.2) is 21.0 Å². The highest BCUT2D eigenvalue weighted by atomic mass is 15.1. The molecule has 0 saturated heterocycles. The Kier molecular flexibility index (Phi) is 1.83. The van der Waals surface area contributed by atoms with Gasteiger partial charge in [0.15, 0.2) is 5.65 Å². The standard InChI is InChI=1S/C15H16N4/c1-2-9-7-8(1)12-13(9)14(12)18-11-4-3-10-15(19-11)17-6-5-16-10/h3-6,8-9,12-14H,1-2,7H2,(H,17,18,19). The summed E-state index contributed by atoms with van der Waals surface area (Å²) in [5.74, 6) is 4.81. The van der Waals surface area contributed by atoms with Crippen LogP contribution in [0.5, 0.6) is 0 Å². The van der Waals surface area contributed by atoms with Gasteiger partial charge >= 0.3 is 0 Å². The van der Waals surface area contributed by atoms with Crippen LogP contribution in [0.1, 0.15) is 19.3 Å². The molecule has 2 aromatic heterocycles. The van der Waals surface area contributed by atoms with Gasteiger partial charge in [-0.25, -0.2) is 9.97 Å². The van der Waals surface area contributed by atoms with Crippen molar-refractivity contribution in [1.82, 2.24) is 15.0 Å². The van der Waals surface area contributed by atoms with E-state index in [0.717, 1.165) is 40.7 Å². The van der Waals surface area contributed by atoms with Crippen LogP contribution in [0.25, 0.3) is 11.2 Å². The lowest BCUT2D eigenvalue weighted by molar-refractivity contribution is 0.456. The first-order valence-electron chi connectivity index (χ1n) is 7.24. The number of nitrogens with zero attached hydrogens (tertiary/aromatic N) is 3. The van der Waals surface area contributed by atoms with Crippen LogP contribution < -0.4 is 5.32 Å². The molecule has 5 rings (SSSR count). The number of hydrogen-bond donors (Lipinski definition) is 1.